The summed E-state index contributed by atoms with van der Waals surface area (Å²) in [6.45, 7) is 2.50. The summed E-state index contributed by atoms with van der Waals surface area (Å²) in [7, 11) is -3.91. The molecule has 0 radical (unpaired) electrons. The zero-order chi connectivity index (χ0) is 22.6. The molecule has 33 heavy (non-hydrogen) atoms. The van der Waals surface area contributed by atoms with Crippen molar-refractivity contribution in [3.63, 3.8) is 0 Å². The Hall–Kier alpha value is -2.79. The van der Waals surface area contributed by atoms with E-state index in [1.165, 1.54) is 16.6 Å². The van der Waals surface area contributed by atoms with Crippen molar-refractivity contribution in [1.29, 1.82) is 0 Å². The first-order valence-electron chi connectivity index (χ1n) is 10.6. The lowest BCUT2D eigenvalue weighted by Gasteiger charge is -2.38. The molecule has 0 N–H and O–H groups in total. The molecule has 0 saturated carbocycles. The Balaban J connectivity index is 1.51. The number of anilines is 1. The Bertz CT molecular complexity index is 1460. The number of benzene rings is 2. The number of piperidine rings is 1. The van der Waals surface area contributed by atoms with Crippen molar-refractivity contribution in [2.75, 3.05) is 31.2 Å². The van der Waals surface area contributed by atoms with Crippen molar-refractivity contribution in [2.45, 2.75) is 28.6 Å². The van der Waals surface area contributed by atoms with Gasteiger partial charge in [-0.1, -0.05) is 35.0 Å². The third-order valence-corrected chi connectivity index (χ3v) is 8.10. The van der Waals surface area contributed by atoms with Crippen LogP contribution >= 0.6 is 11.6 Å². The molecule has 0 atom stereocenters. The van der Waals surface area contributed by atoms with Gasteiger partial charge in [0.2, 0.25) is 14.9 Å². The molecule has 0 aliphatic carbocycles. The molecule has 4 heterocycles. The van der Waals surface area contributed by atoms with Gasteiger partial charge >= 0.3 is 0 Å². The van der Waals surface area contributed by atoms with Gasteiger partial charge in [-0.25, -0.2) is 13.4 Å². The molecular formula is C22H20ClN5O4S. The predicted octanol–water partition coefficient (Wildman–Crippen LogP) is 3.11. The summed E-state index contributed by atoms with van der Waals surface area (Å²) in [6, 6.07) is 13.5. The van der Waals surface area contributed by atoms with Crippen molar-refractivity contribution >= 4 is 43.8 Å². The molecule has 9 nitrogen and oxygen atoms in total. The van der Waals surface area contributed by atoms with E-state index in [1.54, 1.807) is 30.3 Å². The molecule has 2 fully saturated rings. The third-order valence-electron chi connectivity index (χ3n) is 6.20. The van der Waals surface area contributed by atoms with E-state index in [-0.39, 0.29) is 15.6 Å². The largest absolute Gasteiger partial charge is 0.356 e. The number of sulfone groups is 1. The number of ether oxygens (including phenoxy) is 2. The van der Waals surface area contributed by atoms with Crippen molar-refractivity contribution in [2.24, 2.45) is 0 Å². The van der Waals surface area contributed by atoms with E-state index >= 15 is 0 Å². The Morgan fingerprint density at radius 2 is 1.73 bits per heavy atom. The summed E-state index contributed by atoms with van der Waals surface area (Å²) in [5, 5.41) is 9.31. The van der Waals surface area contributed by atoms with E-state index in [9.17, 15) is 8.42 Å². The molecule has 11 heteroatoms. The van der Waals surface area contributed by atoms with Crippen LogP contribution < -0.4 is 4.90 Å². The average Bonchev–Trinajstić information content (AvgIpc) is 3.47. The SMILES string of the molecule is O=S(=O)(c1ccccc1)c1nnn2c1nc(N1CCC3(CC1)OCCO3)c1cc(Cl)ccc12. The molecule has 2 saturated heterocycles. The number of hydrogen-bond acceptors (Lipinski definition) is 8. The van der Waals surface area contributed by atoms with E-state index in [0.717, 1.165) is 5.39 Å². The molecule has 6 rings (SSSR count). The molecule has 0 unspecified atom stereocenters. The average molecular weight is 486 g/mol. The van der Waals surface area contributed by atoms with Crippen LogP contribution in [-0.4, -0.2) is 60.3 Å². The van der Waals surface area contributed by atoms with Gasteiger partial charge < -0.3 is 14.4 Å². The quantitative estimate of drug-likeness (QED) is 0.436. The van der Waals surface area contributed by atoms with Gasteiger partial charge in [0.15, 0.2) is 11.4 Å². The number of hydrogen-bond donors (Lipinski definition) is 0. The summed E-state index contributed by atoms with van der Waals surface area (Å²) in [5.74, 6) is 0.105. The minimum Gasteiger partial charge on any atom is -0.356 e. The molecule has 0 amide bonds. The minimum atomic E-state index is -3.91. The van der Waals surface area contributed by atoms with Crippen LogP contribution in [0.2, 0.25) is 5.02 Å². The Morgan fingerprint density at radius 3 is 2.45 bits per heavy atom. The van der Waals surface area contributed by atoms with Crippen LogP contribution in [0.4, 0.5) is 5.82 Å². The third kappa shape index (κ3) is 3.36. The second-order valence-corrected chi connectivity index (χ2v) is 10.4. The minimum absolute atomic E-state index is 0.141. The fourth-order valence-electron chi connectivity index (χ4n) is 4.52. The smallest absolute Gasteiger partial charge is 0.229 e. The van der Waals surface area contributed by atoms with Crippen LogP contribution in [0.1, 0.15) is 12.8 Å². The monoisotopic (exact) mass is 485 g/mol. The first kappa shape index (κ1) is 20.8. The standard InChI is InChI=1S/C22H20ClN5O4S/c23-15-6-7-18-17(14-15)19(27-10-8-22(9-11-27)31-12-13-32-22)24-20-21(25-26-28(18)20)33(29,30)16-4-2-1-3-5-16/h1-7,14H,8-13H2. The predicted molar refractivity (Wildman–Crippen MR) is 121 cm³/mol. The molecule has 2 aliphatic heterocycles. The highest BCUT2D eigenvalue weighted by Crippen LogP contribution is 2.36. The molecular weight excluding hydrogens is 466 g/mol. The van der Waals surface area contributed by atoms with Crippen LogP contribution in [0.5, 0.6) is 0 Å². The van der Waals surface area contributed by atoms with Crippen molar-refractivity contribution in [1.82, 2.24) is 19.8 Å². The maximum Gasteiger partial charge on any atom is 0.229 e. The highest BCUT2D eigenvalue weighted by atomic mass is 35.5. The second kappa shape index (κ2) is 7.63. The Kier molecular flexibility index (Phi) is 4.80. The van der Waals surface area contributed by atoms with Gasteiger partial charge in [-0.15, -0.1) is 5.10 Å². The van der Waals surface area contributed by atoms with Crippen LogP contribution in [0.3, 0.4) is 0 Å². The lowest BCUT2D eigenvalue weighted by atomic mass is 10.0. The van der Waals surface area contributed by atoms with Crippen LogP contribution in [0.25, 0.3) is 16.6 Å². The lowest BCUT2D eigenvalue weighted by Crippen LogP contribution is -2.45. The maximum atomic E-state index is 13.3. The second-order valence-electron chi connectivity index (χ2n) is 8.14. The Morgan fingerprint density at radius 1 is 1.00 bits per heavy atom. The molecule has 0 bridgehead atoms. The fraction of sp³-hybridized carbons (Fsp3) is 0.318. The normalized spacial score (nSPS) is 18.5. The molecule has 2 aromatic carbocycles. The number of rotatable bonds is 3. The van der Waals surface area contributed by atoms with E-state index in [1.807, 2.05) is 6.07 Å². The van der Waals surface area contributed by atoms with Crippen LogP contribution in [0, 0.1) is 0 Å². The molecule has 2 aromatic heterocycles. The van der Waals surface area contributed by atoms with Gasteiger partial charge in [-0.2, -0.15) is 4.52 Å². The number of nitrogens with zero attached hydrogens (tertiary/aromatic N) is 5. The first-order chi connectivity index (χ1) is 16.0. The van der Waals surface area contributed by atoms with Crippen LogP contribution in [-0.2, 0) is 19.3 Å². The summed E-state index contributed by atoms with van der Waals surface area (Å²) in [5.41, 5.74) is 0.854. The highest BCUT2D eigenvalue weighted by molar-refractivity contribution is 7.91. The topological polar surface area (TPSA) is 98.9 Å². The molecule has 1 spiro atoms. The molecule has 170 valence electrons. The van der Waals surface area contributed by atoms with Gasteiger partial charge in [-0.3, -0.25) is 0 Å². The van der Waals surface area contributed by atoms with Gasteiger partial charge in [0.1, 0.15) is 5.82 Å². The van der Waals surface area contributed by atoms with Crippen molar-refractivity contribution in [3.8, 4) is 0 Å². The zero-order valence-electron chi connectivity index (χ0n) is 17.5. The summed E-state index contributed by atoms with van der Waals surface area (Å²) >= 11 is 6.31. The summed E-state index contributed by atoms with van der Waals surface area (Å²) < 4.78 is 39.8. The number of aromatic nitrogens is 4. The summed E-state index contributed by atoms with van der Waals surface area (Å²) in [6.07, 6.45) is 1.38. The Labute approximate surface area is 194 Å². The van der Waals surface area contributed by atoms with Crippen molar-refractivity contribution in [3.05, 3.63) is 53.6 Å². The maximum absolute atomic E-state index is 13.3. The van der Waals surface area contributed by atoms with Crippen molar-refractivity contribution < 1.29 is 17.9 Å². The van der Waals surface area contributed by atoms with Gasteiger partial charge in [0, 0.05) is 36.3 Å². The van der Waals surface area contributed by atoms with E-state index < -0.39 is 15.6 Å². The van der Waals surface area contributed by atoms with Gasteiger partial charge in [0.05, 0.1) is 23.6 Å². The van der Waals surface area contributed by atoms with E-state index in [2.05, 4.69) is 15.2 Å². The number of halogens is 1. The van der Waals surface area contributed by atoms with Gasteiger partial charge in [-0.05, 0) is 30.3 Å². The van der Waals surface area contributed by atoms with E-state index in [4.69, 9.17) is 26.1 Å². The van der Waals surface area contributed by atoms with Gasteiger partial charge in [0.25, 0.3) is 0 Å². The van der Waals surface area contributed by atoms with Crippen LogP contribution in [0.15, 0.2) is 58.5 Å². The first-order valence-corrected chi connectivity index (χ1v) is 12.5. The molecule has 2 aliphatic rings. The van der Waals surface area contributed by atoms with E-state index in [0.29, 0.717) is 55.5 Å². The summed E-state index contributed by atoms with van der Waals surface area (Å²) in [4.78, 5) is 7.03. The fourth-order valence-corrected chi connectivity index (χ4v) is 5.95. The number of fused-ring (bicyclic) bond motifs is 3. The highest BCUT2D eigenvalue weighted by Gasteiger charge is 2.40. The molecule has 4 aromatic rings. The zero-order valence-corrected chi connectivity index (χ0v) is 19.1. The lowest BCUT2D eigenvalue weighted by molar-refractivity contribution is -0.169.